The number of halogens is 1. The van der Waals surface area contributed by atoms with Gasteiger partial charge in [-0.2, -0.15) is 0 Å². The van der Waals surface area contributed by atoms with Gasteiger partial charge in [-0.1, -0.05) is 41.9 Å². The number of pyridine rings is 2. The van der Waals surface area contributed by atoms with E-state index in [0.717, 1.165) is 22.2 Å². The van der Waals surface area contributed by atoms with E-state index in [1.165, 1.54) is 0 Å². The molecule has 0 aliphatic rings. The van der Waals surface area contributed by atoms with Crippen LogP contribution >= 0.6 is 11.6 Å². The summed E-state index contributed by atoms with van der Waals surface area (Å²) in [7, 11) is 0. The first-order valence-corrected chi connectivity index (χ1v) is 5.69. The Morgan fingerprint density at radius 2 is 1.71 bits per heavy atom. The van der Waals surface area contributed by atoms with Gasteiger partial charge >= 0.3 is 0 Å². The summed E-state index contributed by atoms with van der Waals surface area (Å²) in [6.07, 6.45) is 1.76. The summed E-state index contributed by atoms with van der Waals surface area (Å²) in [5.41, 5.74) is 3.64. The second-order valence-electron chi connectivity index (χ2n) is 3.73. The van der Waals surface area contributed by atoms with Crippen LogP contribution in [-0.2, 0) is 0 Å². The van der Waals surface area contributed by atoms with Crippen LogP contribution in [0.15, 0.2) is 54.7 Å². The van der Waals surface area contributed by atoms with Crippen LogP contribution in [0.2, 0.25) is 5.15 Å². The second-order valence-corrected chi connectivity index (χ2v) is 4.09. The fourth-order valence-corrected chi connectivity index (χ4v) is 2.05. The SMILES string of the molecule is Clc1nc2cccnc2cc1-c1ccccc1. The second kappa shape index (κ2) is 4.15. The predicted octanol–water partition coefficient (Wildman–Crippen LogP) is 3.95. The van der Waals surface area contributed by atoms with Crippen LogP contribution in [0.3, 0.4) is 0 Å². The zero-order valence-electron chi connectivity index (χ0n) is 8.97. The van der Waals surface area contributed by atoms with E-state index >= 15 is 0 Å². The van der Waals surface area contributed by atoms with Crippen LogP contribution in [0, 0.1) is 0 Å². The minimum Gasteiger partial charge on any atom is -0.255 e. The molecule has 0 unspecified atom stereocenters. The number of fused-ring (bicyclic) bond motifs is 1. The average Bonchev–Trinajstić information content (AvgIpc) is 2.39. The third kappa shape index (κ3) is 1.87. The molecule has 0 amide bonds. The van der Waals surface area contributed by atoms with E-state index in [1.807, 2.05) is 48.5 Å². The lowest BCUT2D eigenvalue weighted by Crippen LogP contribution is -1.87. The zero-order valence-corrected chi connectivity index (χ0v) is 9.72. The number of hydrogen-bond donors (Lipinski definition) is 0. The van der Waals surface area contributed by atoms with E-state index in [2.05, 4.69) is 9.97 Å². The molecule has 17 heavy (non-hydrogen) atoms. The van der Waals surface area contributed by atoms with Crippen LogP contribution in [0.1, 0.15) is 0 Å². The van der Waals surface area contributed by atoms with Crippen molar-refractivity contribution in [2.75, 3.05) is 0 Å². The van der Waals surface area contributed by atoms with Crippen LogP contribution in [0.25, 0.3) is 22.2 Å². The Morgan fingerprint density at radius 3 is 2.53 bits per heavy atom. The van der Waals surface area contributed by atoms with Crippen LogP contribution in [-0.4, -0.2) is 9.97 Å². The lowest BCUT2D eigenvalue weighted by Gasteiger charge is -2.05. The van der Waals surface area contributed by atoms with Crippen molar-refractivity contribution in [3.8, 4) is 11.1 Å². The number of hydrogen-bond acceptors (Lipinski definition) is 2. The van der Waals surface area contributed by atoms with Crippen molar-refractivity contribution < 1.29 is 0 Å². The third-order valence-corrected chi connectivity index (χ3v) is 2.91. The topological polar surface area (TPSA) is 25.8 Å². The molecular weight excluding hydrogens is 232 g/mol. The zero-order chi connectivity index (χ0) is 11.7. The Hall–Kier alpha value is -1.93. The maximum Gasteiger partial charge on any atom is 0.137 e. The number of nitrogens with zero attached hydrogens (tertiary/aromatic N) is 2. The molecule has 0 atom stereocenters. The van der Waals surface area contributed by atoms with Crippen molar-refractivity contribution in [3.05, 3.63) is 59.9 Å². The van der Waals surface area contributed by atoms with E-state index in [0.29, 0.717) is 5.15 Å². The van der Waals surface area contributed by atoms with Gasteiger partial charge in [0.1, 0.15) is 5.15 Å². The fraction of sp³-hybridized carbons (Fsp3) is 0. The number of rotatable bonds is 1. The van der Waals surface area contributed by atoms with E-state index in [4.69, 9.17) is 11.6 Å². The van der Waals surface area contributed by atoms with Gasteiger partial charge in [0.15, 0.2) is 0 Å². The smallest absolute Gasteiger partial charge is 0.137 e. The number of aromatic nitrogens is 2. The van der Waals surface area contributed by atoms with Crippen LogP contribution < -0.4 is 0 Å². The summed E-state index contributed by atoms with van der Waals surface area (Å²) in [6, 6.07) is 15.7. The van der Waals surface area contributed by atoms with Crippen molar-refractivity contribution in [2.45, 2.75) is 0 Å². The van der Waals surface area contributed by atoms with Gasteiger partial charge in [0.25, 0.3) is 0 Å². The van der Waals surface area contributed by atoms with Gasteiger partial charge in [0, 0.05) is 11.8 Å². The normalized spacial score (nSPS) is 10.6. The van der Waals surface area contributed by atoms with Crippen LogP contribution in [0.4, 0.5) is 0 Å². The highest BCUT2D eigenvalue weighted by molar-refractivity contribution is 6.32. The van der Waals surface area contributed by atoms with E-state index in [1.54, 1.807) is 6.20 Å². The van der Waals surface area contributed by atoms with Crippen LogP contribution in [0.5, 0.6) is 0 Å². The fourth-order valence-electron chi connectivity index (χ4n) is 1.80. The van der Waals surface area contributed by atoms with Crippen molar-refractivity contribution in [1.82, 2.24) is 9.97 Å². The van der Waals surface area contributed by atoms with Gasteiger partial charge in [-0.25, -0.2) is 4.98 Å². The summed E-state index contributed by atoms with van der Waals surface area (Å²) in [5.74, 6) is 0. The molecule has 2 nitrogen and oxygen atoms in total. The van der Waals surface area contributed by atoms with Crippen molar-refractivity contribution in [3.63, 3.8) is 0 Å². The monoisotopic (exact) mass is 240 g/mol. The van der Waals surface area contributed by atoms with Crippen molar-refractivity contribution in [2.24, 2.45) is 0 Å². The average molecular weight is 241 g/mol. The largest absolute Gasteiger partial charge is 0.255 e. The Labute approximate surface area is 104 Å². The van der Waals surface area contributed by atoms with E-state index in [9.17, 15) is 0 Å². The lowest BCUT2D eigenvalue weighted by atomic mass is 10.1. The van der Waals surface area contributed by atoms with Gasteiger partial charge in [-0.15, -0.1) is 0 Å². The number of benzene rings is 1. The molecule has 3 rings (SSSR count). The highest BCUT2D eigenvalue weighted by atomic mass is 35.5. The Balaban J connectivity index is 2.27. The maximum atomic E-state index is 6.20. The third-order valence-electron chi connectivity index (χ3n) is 2.62. The molecule has 0 spiro atoms. The molecule has 0 aliphatic carbocycles. The quantitative estimate of drug-likeness (QED) is 0.602. The first-order chi connectivity index (χ1) is 8.34. The highest BCUT2D eigenvalue weighted by Gasteiger charge is 2.06. The molecule has 0 N–H and O–H groups in total. The predicted molar refractivity (Wildman–Crippen MR) is 70.0 cm³/mol. The molecule has 0 bridgehead atoms. The summed E-state index contributed by atoms with van der Waals surface area (Å²) in [6.45, 7) is 0. The molecule has 0 fully saturated rings. The standard InChI is InChI=1S/C14H9ClN2/c15-14-11(10-5-2-1-3-6-10)9-13-12(17-14)7-4-8-16-13/h1-9H. The summed E-state index contributed by atoms with van der Waals surface area (Å²) >= 11 is 6.20. The van der Waals surface area contributed by atoms with Gasteiger partial charge in [-0.05, 0) is 23.8 Å². The minimum absolute atomic E-state index is 0.511. The molecule has 3 aromatic rings. The molecular formula is C14H9ClN2. The molecule has 0 radical (unpaired) electrons. The Kier molecular flexibility index (Phi) is 2.50. The molecule has 2 aromatic heterocycles. The lowest BCUT2D eigenvalue weighted by molar-refractivity contribution is 1.34. The molecule has 0 aliphatic heterocycles. The summed E-state index contributed by atoms with van der Waals surface area (Å²) in [4.78, 5) is 8.64. The summed E-state index contributed by atoms with van der Waals surface area (Å²) < 4.78 is 0. The first-order valence-electron chi connectivity index (χ1n) is 5.31. The van der Waals surface area contributed by atoms with E-state index in [-0.39, 0.29) is 0 Å². The Morgan fingerprint density at radius 1 is 0.882 bits per heavy atom. The summed E-state index contributed by atoms with van der Waals surface area (Å²) in [5, 5.41) is 0.511. The molecule has 2 heterocycles. The highest BCUT2D eigenvalue weighted by Crippen LogP contribution is 2.28. The molecule has 0 saturated heterocycles. The van der Waals surface area contributed by atoms with E-state index < -0.39 is 0 Å². The van der Waals surface area contributed by atoms with Crippen molar-refractivity contribution >= 4 is 22.6 Å². The molecule has 82 valence electrons. The van der Waals surface area contributed by atoms with Gasteiger partial charge < -0.3 is 0 Å². The first kappa shape index (κ1) is 10.2. The maximum absolute atomic E-state index is 6.20. The van der Waals surface area contributed by atoms with Crippen molar-refractivity contribution in [1.29, 1.82) is 0 Å². The molecule has 0 saturated carbocycles. The van der Waals surface area contributed by atoms with Gasteiger partial charge in [0.2, 0.25) is 0 Å². The van der Waals surface area contributed by atoms with Gasteiger partial charge in [-0.3, -0.25) is 4.98 Å². The molecule has 3 heteroatoms. The Bertz CT molecular complexity index is 665. The minimum atomic E-state index is 0.511. The molecule has 1 aromatic carbocycles. The van der Waals surface area contributed by atoms with Gasteiger partial charge in [0.05, 0.1) is 11.0 Å².